The number of hydrogen-bond acceptors (Lipinski definition) is 2. The van der Waals surface area contributed by atoms with Crippen LogP contribution in [0.3, 0.4) is 0 Å². The molecule has 1 aromatic carbocycles. The summed E-state index contributed by atoms with van der Waals surface area (Å²) in [5, 5.41) is 8.54. The summed E-state index contributed by atoms with van der Waals surface area (Å²) >= 11 is 1.68. The van der Waals surface area contributed by atoms with E-state index in [1.54, 1.807) is 11.3 Å². The van der Waals surface area contributed by atoms with Crippen molar-refractivity contribution in [2.75, 3.05) is 6.54 Å². The van der Waals surface area contributed by atoms with Gasteiger partial charge in [0, 0.05) is 36.0 Å². The second kappa shape index (κ2) is 8.34. The van der Waals surface area contributed by atoms with Gasteiger partial charge >= 0.3 is 0 Å². The monoisotopic (exact) mass is 354 g/mol. The van der Waals surface area contributed by atoms with Crippen molar-refractivity contribution in [1.82, 2.24) is 10.3 Å². The average molecular weight is 355 g/mol. The third-order valence-corrected chi connectivity index (χ3v) is 5.48. The molecular weight excluding hydrogens is 328 g/mol. The van der Waals surface area contributed by atoms with Crippen LogP contribution in [0, 0.1) is 0 Å². The molecule has 1 atom stereocenters. The lowest BCUT2D eigenvalue weighted by Crippen LogP contribution is -2.26. The lowest BCUT2D eigenvalue weighted by atomic mass is 9.89. The van der Waals surface area contributed by atoms with Gasteiger partial charge in [-0.05, 0) is 46.4 Å². The molecule has 1 amide bonds. The molecule has 2 heterocycles. The van der Waals surface area contributed by atoms with Crippen LogP contribution in [-0.2, 0) is 11.2 Å². The molecule has 3 aromatic rings. The molecule has 0 bridgehead atoms. The predicted molar refractivity (Wildman–Crippen MR) is 106 cm³/mol. The summed E-state index contributed by atoms with van der Waals surface area (Å²) in [5.74, 6) is 0.222. The van der Waals surface area contributed by atoms with Crippen LogP contribution in [0.5, 0.6) is 0 Å². The van der Waals surface area contributed by atoms with Gasteiger partial charge in [-0.3, -0.25) is 4.79 Å². The van der Waals surface area contributed by atoms with Crippen molar-refractivity contribution in [2.45, 2.75) is 45.4 Å². The van der Waals surface area contributed by atoms with Gasteiger partial charge in [-0.1, -0.05) is 38.5 Å². The summed E-state index contributed by atoms with van der Waals surface area (Å²) in [5.41, 5.74) is 4.96. The van der Waals surface area contributed by atoms with Crippen molar-refractivity contribution >= 4 is 28.1 Å². The number of H-pyrrole nitrogens is 1. The van der Waals surface area contributed by atoms with Crippen LogP contribution in [0.4, 0.5) is 0 Å². The van der Waals surface area contributed by atoms with Gasteiger partial charge in [-0.2, -0.15) is 11.3 Å². The number of para-hydroxylation sites is 1. The molecular formula is C21H26N2OS. The Morgan fingerprint density at radius 2 is 2.16 bits per heavy atom. The molecule has 0 saturated carbocycles. The van der Waals surface area contributed by atoms with Crippen LogP contribution in [-0.4, -0.2) is 17.4 Å². The topological polar surface area (TPSA) is 44.9 Å². The zero-order valence-corrected chi connectivity index (χ0v) is 15.8. The Morgan fingerprint density at radius 1 is 1.28 bits per heavy atom. The van der Waals surface area contributed by atoms with Gasteiger partial charge in [0.25, 0.3) is 0 Å². The molecule has 0 fully saturated rings. The smallest absolute Gasteiger partial charge is 0.220 e. The maximum Gasteiger partial charge on any atom is 0.220 e. The fourth-order valence-corrected chi connectivity index (χ4v) is 4.08. The minimum Gasteiger partial charge on any atom is -0.361 e. The number of aromatic amines is 1. The molecule has 0 aliphatic rings. The van der Waals surface area contributed by atoms with Crippen molar-refractivity contribution in [1.29, 1.82) is 0 Å². The van der Waals surface area contributed by atoms with Crippen molar-refractivity contribution in [3.05, 3.63) is 57.9 Å². The van der Waals surface area contributed by atoms with Crippen LogP contribution >= 0.6 is 11.3 Å². The highest BCUT2D eigenvalue weighted by Gasteiger charge is 2.22. The Morgan fingerprint density at radius 3 is 2.88 bits per heavy atom. The molecule has 2 N–H and O–H groups in total. The third-order valence-electron chi connectivity index (χ3n) is 4.78. The lowest BCUT2D eigenvalue weighted by molar-refractivity contribution is -0.121. The molecule has 3 nitrogen and oxygen atoms in total. The van der Waals surface area contributed by atoms with E-state index in [2.05, 4.69) is 65.4 Å². The fraction of sp³-hybridized carbons (Fsp3) is 0.381. The first-order valence-corrected chi connectivity index (χ1v) is 10.1. The minimum atomic E-state index is 0.0914. The molecule has 0 saturated heterocycles. The quantitative estimate of drug-likeness (QED) is 0.535. The number of rotatable bonds is 8. The number of carbonyl (C=O) groups is 1. The van der Waals surface area contributed by atoms with Crippen molar-refractivity contribution in [2.24, 2.45) is 0 Å². The second-order valence-corrected chi connectivity index (χ2v) is 7.23. The van der Waals surface area contributed by atoms with Gasteiger partial charge in [0.05, 0.1) is 0 Å². The van der Waals surface area contributed by atoms with E-state index < -0.39 is 0 Å². The number of hydrogen-bond donors (Lipinski definition) is 2. The third kappa shape index (κ3) is 3.96. The zero-order valence-electron chi connectivity index (χ0n) is 15.0. The Hall–Kier alpha value is -2.07. The van der Waals surface area contributed by atoms with Gasteiger partial charge in [0.15, 0.2) is 0 Å². The van der Waals surface area contributed by atoms with E-state index in [-0.39, 0.29) is 11.8 Å². The number of benzene rings is 1. The largest absolute Gasteiger partial charge is 0.361 e. The molecule has 0 aliphatic heterocycles. The Kier molecular flexibility index (Phi) is 5.92. The van der Waals surface area contributed by atoms with E-state index in [4.69, 9.17) is 0 Å². The molecule has 3 rings (SSSR count). The van der Waals surface area contributed by atoms with Crippen LogP contribution in [0.15, 0.2) is 41.2 Å². The molecule has 0 radical (unpaired) electrons. The summed E-state index contributed by atoms with van der Waals surface area (Å²) in [4.78, 5) is 15.9. The lowest BCUT2D eigenvalue weighted by Gasteiger charge is -2.16. The SMILES string of the molecule is CCCCNC(=O)CC(c1ccsc1)c1c[nH]c2c(CC)cccc12. The summed E-state index contributed by atoms with van der Waals surface area (Å²) in [6.45, 7) is 5.07. The number of aromatic nitrogens is 1. The van der Waals surface area contributed by atoms with E-state index >= 15 is 0 Å². The summed E-state index contributed by atoms with van der Waals surface area (Å²) in [7, 11) is 0. The summed E-state index contributed by atoms with van der Waals surface area (Å²) < 4.78 is 0. The Labute approximate surface area is 153 Å². The highest BCUT2D eigenvalue weighted by Crippen LogP contribution is 2.35. The number of amides is 1. The van der Waals surface area contributed by atoms with Gasteiger partial charge in [-0.25, -0.2) is 0 Å². The summed E-state index contributed by atoms with van der Waals surface area (Å²) in [6, 6.07) is 8.58. The highest BCUT2D eigenvalue weighted by atomic mass is 32.1. The number of carbonyl (C=O) groups excluding carboxylic acids is 1. The van der Waals surface area contributed by atoms with E-state index in [0.29, 0.717) is 6.42 Å². The van der Waals surface area contributed by atoms with E-state index in [9.17, 15) is 4.79 Å². The number of aryl methyl sites for hydroxylation is 1. The first-order chi connectivity index (χ1) is 12.2. The van der Waals surface area contributed by atoms with Crippen LogP contribution in [0.2, 0.25) is 0 Å². The van der Waals surface area contributed by atoms with Crippen LogP contribution < -0.4 is 5.32 Å². The first kappa shape index (κ1) is 17.7. The molecule has 0 spiro atoms. The second-order valence-electron chi connectivity index (χ2n) is 6.45. The maximum absolute atomic E-state index is 12.5. The highest BCUT2D eigenvalue weighted by molar-refractivity contribution is 7.08. The number of unbranched alkanes of at least 4 members (excludes halogenated alkanes) is 1. The van der Waals surface area contributed by atoms with Crippen molar-refractivity contribution in [3.8, 4) is 0 Å². The molecule has 4 heteroatoms. The summed E-state index contributed by atoms with van der Waals surface area (Å²) in [6.07, 6.45) is 5.70. The number of fused-ring (bicyclic) bond motifs is 1. The molecule has 0 aliphatic carbocycles. The predicted octanol–water partition coefficient (Wildman–Crippen LogP) is 5.23. The molecule has 1 unspecified atom stereocenters. The van der Waals surface area contributed by atoms with Crippen molar-refractivity contribution < 1.29 is 4.79 Å². The fourth-order valence-electron chi connectivity index (χ4n) is 3.36. The van der Waals surface area contributed by atoms with E-state index in [1.165, 1.54) is 27.6 Å². The van der Waals surface area contributed by atoms with Crippen LogP contribution in [0.1, 0.15) is 55.7 Å². The number of nitrogens with one attached hydrogen (secondary N) is 2. The van der Waals surface area contributed by atoms with Gasteiger partial charge in [0.2, 0.25) is 5.91 Å². The molecule has 25 heavy (non-hydrogen) atoms. The van der Waals surface area contributed by atoms with E-state index in [1.807, 2.05) is 0 Å². The standard InChI is InChI=1S/C21H26N2OS/c1-3-5-10-22-20(24)12-18(16-9-11-25-14-16)19-13-23-21-15(4-2)7-6-8-17(19)21/h6-9,11,13-14,18,23H,3-5,10,12H2,1-2H3,(H,22,24). The minimum absolute atomic E-state index is 0.0914. The zero-order chi connectivity index (χ0) is 17.6. The molecule has 2 aromatic heterocycles. The number of thiophene rings is 1. The van der Waals surface area contributed by atoms with Crippen molar-refractivity contribution in [3.63, 3.8) is 0 Å². The van der Waals surface area contributed by atoms with Crippen LogP contribution in [0.25, 0.3) is 10.9 Å². The normalized spacial score (nSPS) is 12.4. The first-order valence-electron chi connectivity index (χ1n) is 9.12. The van der Waals surface area contributed by atoms with Gasteiger partial charge < -0.3 is 10.3 Å². The van der Waals surface area contributed by atoms with Gasteiger partial charge in [-0.15, -0.1) is 0 Å². The maximum atomic E-state index is 12.5. The van der Waals surface area contributed by atoms with Gasteiger partial charge in [0.1, 0.15) is 0 Å². The molecule has 132 valence electrons. The van der Waals surface area contributed by atoms with E-state index in [0.717, 1.165) is 25.8 Å². The Balaban J connectivity index is 1.92. The average Bonchev–Trinajstić information content (AvgIpc) is 3.29. The Bertz CT molecular complexity index is 820.